The molecule has 86 valence electrons. The summed E-state index contributed by atoms with van der Waals surface area (Å²) in [5.41, 5.74) is 5.91. The standard InChI is InChI=1S/C11H21N3O/c1-10-5-7-13-14(10)8-4-3-6-11(2,15)9-12/h5,7,15H,3-4,6,8-9,12H2,1-2H3. The minimum Gasteiger partial charge on any atom is -0.389 e. The molecular formula is C11H21N3O. The lowest BCUT2D eigenvalue weighted by atomic mass is 9.99. The summed E-state index contributed by atoms with van der Waals surface area (Å²) >= 11 is 0. The van der Waals surface area contributed by atoms with Crippen LogP contribution in [0.15, 0.2) is 12.3 Å². The van der Waals surface area contributed by atoms with Crippen molar-refractivity contribution in [2.75, 3.05) is 6.54 Å². The lowest BCUT2D eigenvalue weighted by Crippen LogP contribution is -2.33. The van der Waals surface area contributed by atoms with Crippen LogP contribution in [-0.4, -0.2) is 27.0 Å². The van der Waals surface area contributed by atoms with E-state index in [1.807, 2.05) is 23.9 Å². The third-order valence-corrected chi connectivity index (χ3v) is 2.70. The summed E-state index contributed by atoms with van der Waals surface area (Å²) in [5, 5.41) is 13.9. The number of rotatable bonds is 6. The van der Waals surface area contributed by atoms with Crippen molar-refractivity contribution in [3.05, 3.63) is 18.0 Å². The molecule has 1 aromatic rings. The van der Waals surface area contributed by atoms with Gasteiger partial charge >= 0.3 is 0 Å². The second kappa shape index (κ2) is 5.28. The minimum absolute atomic E-state index is 0.327. The summed E-state index contributed by atoms with van der Waals surface area (Å²) < 4.78 is 1.98. The molecule has 15 heavy (non-hydrogen) atoms. The first kappa shape index (κ1) is 12.2. The van der Waals surface area contributed by atoms with Gasteiger partial charge in [0, 0.05) is 25.0 Å². The van der Waals surface area contributed by atoms with Crippen LogP contribution < -0.4 is 5.73 Å². The number of aromatic nitrogens is 2. The van der Waals surface area contributed by atoms with Crippen LogP contribution in [0.1, 0.15) is 31.9 Å². The second-order valence-electron chi connectivity index (χ2n) is 4.35. The molecule has 1 unspecified atom stereocenters. The van der Waals surface area contributed by atoms with Crippen LogP contribution in [0, 0.1) is 6.92 Å². The smallest absolute Gasteiger partial charge is 0.0741 e. The van der Waals surface area contributed by atoms with Crippen molar-refractivity contribution in [1.82, 2.24) is 9.78 Å². The SMILES string of the molecule is Cc1ccnn1CCCCC(C)(O)CN. The van der Waals surface area contributed by atoms with Crippen LogP contribution in [0.25, 0.3) is 0 Å². The highest BCUT2D eigenvalue weighted by molar-refractivity contribution is 4.96. The Bertz CT molecular complexity index is 294. The van der Waals surface area contributed by atoms with Crippen molar-refractivity contribution < 1.29 is 5.11 Å². The average Bonchev–Trinajstić information content (AvgIpc) is 2.59. The molecule has 1 atom stereocenters. The van der Waals surface area contributed by atoms with E-state index in [1.54, 1.807) is 6.92 Å². The third-order valence-electron chi connectivity index (χ3n) is 2.70. The molecule has 1 rings (SSSR count). The maximum atomic E-state index is 9.69. The van der Waals surface area contributed by atoms with Gasteiger partial charge in [0.25, 0.3) is 0 Å². The first-order chi connectivity index (χ1) is 7.05. The minimum atomic E-state index is -0.709. The number of aliphatic hydroxyl groups is 1. The van der Waals surface area contributed by atoms with Crippen LogP contribution in [0.4, 0.5) is 0 Å². The number of nitrogens with two attached hydrogens (primary N) is 1. The van der Waals surface area contributed by atoms with E-state index in [0.29, 0.717) is 6.54 Å². The van der Waals surface area contributed by atoms with Gasteiger partial charge in [-0.3, -0.25) is 4.68 Å². The summed E-state index contributed by atoms with van der Waals surface area (Å²) in [5.74, 6) is 0. The van der Waals surface area contributed by atoms with E-state index < -0.39 is 5.60 Å². The number of hydrogen-bond donors (Lipinski definition) is 2. The predicted molar refractivity (Wildman–Crippen MR) is 60.5 cm³/mol. The fourth-order valence-electron chi connectivity index (χ4n) is 1.50. The van der Waals surface area contributed by atoms with E-state index in [2.05, 4.69) is 5.10 Å². The Balaban J connectivity index is 2.20. The van der Waals surface area contributed by atoms with Crippen LogP contribution >= 0.6 is 0 Å². The van der Waals surface area contributed by atoms with Crippen molar-refractivity contribution in [2.24, 2.45) is 5.73 Å². The van der Waals surface area contributed by atoms with E-state index in [1.165, 1.54) is 5.69 Å². The Morgan fingerprint density at radius 3 is 2.80 bits per heavy atom. The van der Waals surface area contributed by atoms with Gasteiger partial charge in [-0.25, -0.2) is 0 Å². The fourth-order valence-corrected chi connectivity index (χ4v) is 1.50. The zero-order valence-electron chi connectivity index (χ0n) is 9.61. The molecule has 0 radical (unpaired) electrons. The summed E-state index contributed by atoms with van der Waals surface area (Å²) in [7, 11) is 0. The van der Waals surface area contributed by atoms with Gasteiger partial charge in [-0.1, -0.05) is 0 Å². The first-order valence-corrected chi connectivity index (χ1v) is 5.46. The van der Waals surface area contributed by atoms with E-state index in [-0.39, 0.29) is 0 Å². The lowest BCUT2D eigenvalue weighted by Gasteiger charge is -2.20. The van der Waals surface area contributed by atoms with Crippen LogP contribution in [-0.2, 0) is 6.54 Å². The van der Waals surface area contributed by atoms with Gasteiger partial charge in [0.15, 0.2) is 0 Å². The molecule has 0 aliphatic heterocycles. The Morgan fingerprint density at radius 2 is 2.27 bits per heavy atom. The average molecular weight is 211 g/mol. The Hall–Kier alpha value is -0.870. The fraction of sp³-hybridized carbons (Fsp3) is 0.727. The third kappa shape index (κ3) is 4.01. The number of hydrogen-bond acceptors (Lipinski definition) is 3. The largest absolute Gasteiger partial charge is 0.389 e. The van der Waals surface area contributed by atoms with Crippen LogP contribution in [0.5, 0.6) is 0 Å². The molecule has 1 aromatic heterocycles. The Kier molecular flexibility index (Phi) is 4.29. The van der Waals surface area contributed by atoms with E-state index in [0.717, 1.165) is 25.8 Å². The van der Waals surface area contributed by atoms with Crippen molar-refractivity contribution in [2.45, 2.75) is 45.3 Å². The molecule has 1 heterocycles. The quantitative estimate of drug-likeness (QED) is 0.692. The highest BCUT2D eigenvalue weighted by Gasteiger charge is 2.16. The van der Waals surface area contributed by atoms with Gasteiger partial charge in [-0.15, -0.1) is 0 Å². The molecule has 0 saturated carbocycles. The normalized spacial score (nSPS) is 15.2. The van der Waals surface area contributed by atoms with E-state index >= 15 is 0 Å². The summed E-state index contributed by atoms with van der Waals surface area (Å²) in [4.78, 5) is 0. The van der Waals surface area contributed by atoms with Crippen molar-refractivity contribution in [1.29, 1.82) is 0 Å². The molecule has 3 N–H and O–H groups in total. The van der Waals surface area contributed by atoms with Gasteiger partial charge in [0.05, 0.1) is 5.60 Å². The maximum absolute atomic E-state index is 9.69. The number of nitrogens with zero attached hydrogens (tertiary/aromatic N) is 2. The van der Waals surface area contributed by atoms with Gasteiger partial charge in [-0.05, 0) is 39.2 Å². The Morgan fingerprint density at radius 1 is 1.53 bits per heavy atom. The highest BCUT2D eigenvalue weighted by Crippen LogP contribution is 2.12. The molecule has 0 fully saturated rings. The molecule has 0 aliphatic carbocycles. The number of unbranched alkanes of at least 4 members (excludes halogenated alkanes) is 1. The van der Waals surface area contributed by atoms with Crippen LogP contribution in [0.2, 0.25) is 0 Å². The molecule has 0 aromatic carbocycles. The lowest BCUT2D eigenvalue weighted by molar-refractivity contribution is 0.0569. The van der Waals surface area contributed by atoms with Crippen LogP contribution in [0.3, 0.4) is 0 Å². The molecule has 0 spiro atoms. The van der Waals surface area contributed by atoms with E-state index in [9.17, 15) is 5.11 Å². The highest BCUT2D eigenvalue weighted by atomic mass is 16.3. The Labute approximate surface area is 91.1 Å². The molecule has 0 bridgehead atoms. The molecular weight excluding hydrogens is 190 g/mol. The van der Waals surface area contributed by atoms with Crippen molar-refractivity contribution >= 4 is 0 Å². The second-order valence-corrected chi connectivity index (χ2v) is 4.35. The van der Waals surface area contributed by atoms with Gasteiger partial charge in [-0.2, -0.15) is 5.10 Å². The monoisotopic (exact) mass is 211 g/mol. The summed E-state index contributed by atoms with van der Waals surface area (Å²) in [6.45, 7) is 5.07. The molecule has 0 aliphatic rings. The van der Waals surface area contributed by atoms with E-state index in [4.69, 9.17) is 5.73 Å². The molecule has 0 amide bonds. The zero-order chi connectivity index (χ0) is 11.3. The summed E-state index contributed by atoms with van der Waals surface area (Å²) in [6.07, 6.45) is 4.57. The zero-order valence-corrected chi connectivity index (χ0v) is 9.61. The number of aryl methyl sites for hydroxylation is 2. The predicted octanol–water partition coefficient (Wildman–Crippen LogP) is 1.07. The molecule has 4 heteroatoms. The van der Waals surface area contributed by atoms with Gasteiger partial charge in [0.1, 0.15) is 0 Å². The van der Waals surface area contributed by atoms with Crippen molar-refractivity contribution in [3.63, 3.8) is 0 Å². The first-order valence-electron chi connectivity index (χ1n) is 5.46. The summed E-state index contributed by atoms with van der Waals surface area (Å²) in [6, 6.07) is 2.00. The molecule has 0 saturated heterocycles. The van der Waals surface area contributed by atoms with Crippen molar-refractivity contribution in [3.8, 4) is 0 Å². The van der Waals surface area contributed by atoms with Gasteiger partial charge in [0.2, 0.25) is 0 Å². The topological polar surface area (TPSA) is 64.1 Å². The van der Waals surface area contributed by atoms with Gasteiger partial charge < -0.3 is 10.8 Å². The maximum Gasteiger partial charge on any atom is 0.0741 e. The molecule has 4 nitrogen and oxygen atoms in total.